The smallest absolute Gasteiger partial charge is 0.225 e. The maximum atomic E-state index is 12.4. The van der Waals surface area contributed by atoms with Crippen molar-refractivity contribution in [2.75, 3.05) is 19.6 Å². The molecule has 3 nitrogen and oxygen atoms in total. The van der Waals surface area contributed by atoms with Crippen molar-refractivity contribution in [2.24, 2.45) is 11.7 Å². The maximum Gasteiger partial charge on any atom is 0.225 e. The number of nitrogens with zero attached hydrogens (tertiary/aromatic N) is 1. The summed E-state index contributed by atoms with van der Waals surface area (Å²) in [7, 11) is 0. The summed E-state index contributed by atoms with van der Waals surface area (Å²) in [5.41, 5.74) is 5.57. The van der Waals surface area contributed by atoms with Crippen LogP contribution in [0.2, 0.25) is 0 Å². The van der Waals surface area contributed by atoms with Crippen molar-refractivity contribution in [3.63, 3.8) is 0 Å². The van der Waals surface area contributed by atoms with Gasteiger partial charge in [-0.15, -0.1) is 0 Å². The number of nitrogens with two attached hydrogens (primary N) is 1. The molecule has 0 radical (unpaired) electrons. The summed E-state index contributed by atoms with van der Waals surface area (Å²) in [4.78, 5) is 14.3. The molecule has 2 N–H and O–H groups in total. The summed E-state index contributed by atoms with van der Waals surface area (Å²) in [5.74, 6) is 0.537. The Morgan fingerprint density at radius 1 is 1.00 bits per heavy atom. The van der Waals surface area contributed by atoms with Gasteiger partial charge in [-0.2, -0.15) is 0 Å². The van der Waals surface area contributed by atoms with E-state index >= 15 is 0 Å². The van der Waals surface area contributed by atoms with E-state index in [1.54, 1.807) is 0 Å². The van der Waals surface area contributed by atoms with Crippen LogP contribution in [0.1, 0.15) is 65.7 Å². The fourth-order valence-corrected chi connectivity index (χ4v) is 2.37. The molecule has 1 unspecified atom stereocenters. The summed E-state index contributed by atoms with van der Waals surface area (Å²) in [6, 6.07) is 0. The largest absolute Gasteiger partial charge is 0.343 e. The molecule has 108 valence electrons. The number of hydrogen-bond acceptors (Lipinski definition) is 2. The Bertz CT molecular complexity index is 203. The van der Waals surface area contributed by atoms with Crippen molar-refractivity contribution in [3.05, 3.63) is 0 Å². The van der Waals surface area contributed by atoms with Crippen LogP contribution in [0, 0.1) is 5.92 Å². The molecular formula is C15H32N2O. The third-order valence-electron chi connectivity index (χ3n) is 3.59. The minimum absolute atomic E-state index is 0.199. The van der Waals surface area contributed by atoms with Gasteiger partial charge in [0.05, 0.1) is 0 Å². The topological polar surface area (TPSA) is 46.3 Å². The molecule has 1 amide bonds. The Kier molecular flexibility index (Phi) is 11.2. The highest BCUT2D eigenvalue weighted by Crippen LogP contribution is 2.18. The Balaban J connectivity index is 4.22. The maximum absolute atomic E-state index is 12.4. The van der Waals surface area contributed by atoms with E-state index in [9.17, 15) is 4.79 Å². The molecule has 0 saturated heterocycles. The molecular weight excluding hydrogens is 224 g/mol. The molecule has 1 atom stereocenters. The Morgan fingerprint density at radius 3 is 2.11 bits per heavy atom. The molecule has 0 bridgehead atoms. The zero-order valence-corrected chi connectivity index (χ0v) is 12.6. The fraction of sp³-hybridized carbons (Fsp3) is 0.933. The highest BCUT2D eigenvalue weighted by Gasteiger charge is 2.21. The van der Waals surface area contributed by atoms with Crippen LogP contribution in [0.25, 0.3) is 0 Å². The number of amides is 1. The molecule has 3 heteroatoms. The van der Waals surface area contributed by atoms with E-state index in [4.69, 9.17) is 5.73 Å². The standard InChI is InChI=1S/C15H32N2O/c1-4-7-8-9-11-14(12-10-13-16)15(18)17(5-2)6-3/h14H,4-13,16H2,1-3H3. The predicted molar refractivity (Wildman–Crippen MR) is 78.5 cm³/mol. The summed E-state index contributed by atoms with van der Waals surface area (Å²) < 4.78 is 0. The van der Waals surface area contributed by atoms with Crippen molar-refractivity contribution in [1.82, 2.24) is 4.90 Å². The van der Waals surface area contributed by atoms with E-state index in [2.05, 4.69) is 20.8 Å². The van der Waals surface area contributed by atoms with E-state index in [-0.39, 0.29) is 5.92 Å². The van der Waals surface area contributed by atoms with Crippen molar-refractivity contribution in [1.29, 1.82) is 0 Å². The molecule has 0 aliphatic heterocycles. The number of hydrogen-bond donors (Lipinski definition) is 1. The average Bonchev–Trinajstić information content (AvgIpc) is 2.39. The van der Waals surface area contributed by atoms with E-state index in [0.717, 1.165) is 32.4 Å². The second kappa shape index (κ2) is 11.5. The molecule has 0 heterocycles. The van der Waals surface area contributed by atoms with Crippen LogP contribution in [-0.4, -0.2) is 30.4 Å². The second-order valence-electron chi connectivity index (χ2n) is 4.99. The fourth-order valence-electron chi connectivity index (χ4n) is 2.37. The highest BCUT2D eigenvalue weighted by molar-refractivity contribution is 5.78. The first-order chi connectivity index (χ1) is 8.71. The van der Waals surface area contributed by atoms with Crippen molar-refractivity contribution >= 4 is 5.91 Å². The van der Waals surface area contributed by atoms with E-state index < -0.39 is 0 Å². The van der Waals surface area contributed by atoms with E-state index in [0.29, 0.717) is 12.5 Å². The Labute approximate surface area is 113 Å². The van der Waals surface area contributed by atoms with Crippen LogP contribution < -0.4 is 5.73 Å². The molecule has 0 aromatic carbocycles. The van der Waals surface area contributed by atoms with E-state index in [1.807, 2.05) is 4.90 Å². The molecule has 0 aliphatic carbocycles. The van der Waals surface area contributed by atoms with Crippen molar-refractivity contribution < 1.29 is 4.79 Å². The minimum atomic E-state index is 0.199. The molecule has 18 heavy (non-hydrogen) atoms. The molecule has 0 aromatic rings. The number of carbonyl (C=O) groups excluding carboxylic acids is 1. The summed E-state index contributed by atoms with van der Waals surface area (Å²) in [6.45, 7) is 8.66. The van der Waals surface area contributed by atoms with Gasteiger partial charge in [-0.25, -0.2) is 0 Å². The zero-order valence-electron chi connectivity index (χ0n) is 12.6. The van der Waals surface area contributed by atoms with Crippen LogP contribution in [0.4, 0.5) is 0 Å². The monoisotopic (exact) mass is 256 g/mol. The van der Waals surface area contributed by atoms with Gasteiger partial charge in [-0.3, -0.25) is 4.79 Å². The minimum Gasteiger partial charge on any atom is -0.343 e. The quantitative estimate of drug-likeness (QED) is 0.577. The lowest BCUT2D eigenvalue weighted by atomic mass is 9.94. The van der Waals surface area contributed by atoms with Gasteiger partial charge in [-0.05, 0) is 39.7 Å². The van der Waals surface area contributed by atoms with Gasteiger partial charge in [-0.1, -0.05) is 32.6 Å². The van der Waals surface area contributed by atoms with Gasteiger partial charge in [0.2, 0.25) is 5.91 Å². The van der Waals surface area contributed by atoms with Crippen LogP contribution in [0.3, 0.4) is 0 Å². The molecule has 0 rings (SSSR count). The third kappa shape index (κ3) is 7.00. The SMILES string of the molecule is CCCCCCC(CCCN)C(=O)N(CC)CC. The van der Waals surface area contributed by atoms with Crippen molar-refractivity contribution in [2.45, 2.75) is 65.7 Å². The number of rotatable bonds is 11. The molecule has 0 saturated carbocycles. The highest BCUT2D eigenvalue weighted by atomic mass is 16.2. The van der Waals surface area contributed by atoms with Crippen LogP contribution in [0.5, 0.6) is 0 Å². The lowest BCUT2D eigenvalue weighted by Crippen LogP contribution is -2.36. The van der Waals surface area contributed by atoms with Gasteiger partial charge >= 0.3 is 0 Å². The first kappa shape index (κ1) is 17.4. The first-order valence-corrected chi connectivity index (χ1v) is 7.69. The predicted octanol–water partition coefficient (Wildman–Crippen LogP) is 3.18. The summed E-state index contributed by atoms with van der Waals surface area (Å²) in [6.07, 6.45) is 7.91. The Hall–Kier alpha value is -0.570. The molecule has 0 spiro atoms. The van der Waals surface area contributed by atoms with Crippen LogP contribution in [-0.2, 0) is 4.79 Å². The van der Waals surface area contributed by atoms with Gasteiger partial charge in [0.15, 0.2) is 0 Å². The van der Waals surface area contributed by atoms with Gasteiger partial charge in [0.25, 0.3) is 0 Å². The van der Waals surface area contributed by atoms with Gasteiger partial charge in [0, 0.05) is 19.0 Å². The third-order valence-corrected chi connectivity index (χ3v) is 3.59. The second-order valence-corrected chi connectivity index (χ2v) is 4.99. The molecule has 0 fully saturated rings. The van der Waals surface area contributed by atoms with Crippen LogP contribution in [0.15, 0.2) is 0 Å². The molecule has 0 aliphatic rings. The first-order valence-electron chi connectivity index (χ1n) is 7.69. The van der Waals surface area contributed by atoms with E-state index in [1.165, 1.54) is 25.7 Å². The number of unbranched alkanes of at least 4 members (excludes halogenated alkanes) is 3. The van der Waals surface area contributed by atoms with Gasteiger partial charge < -0.3 is 10.6 Å². The lowest BCUT2D eigenvalue weighted by molar-refractivity contribution is -0.135. The Morgan fingerprint density at radius 2 is 1.61 bits per heavy atom. The zero-order chi connectivity index (χ0) is 13.8. The molecule has 0 aromatic heterocycles. The number of carbonyl (C=O) groups is 1. The summed E-state index contributed by atoms with van der Waals surface area (Å²) >= 11 is 0. The van der Waals surface area contributed by atoms with Crippen LogP contribution >= 0.6 is 0 Å². The normalized spacial score (nSPS) is 12.4. The average molecular weight is 256 g/mol. The van der Waals surface area contributed by atoms with Gasteiger partial charge in [0.1, 0.15) is 0 Å². The lowest BCUT2D eigenvalue weighted by Gasteiger charge is -2.25. The van der Waals surface area contributed by atoms with Crippen molar-refractivity contribution in [3.8, 4) is 0 Å². The summed E-state index contributed by atoms with van der Waals surface area (Å²) in [5, 5.41) is 0.